The van der Waals surface area contributed by atoms with Crippen LogP contribution in [-0.4, -0.2) is 21.1 Å². The van der Waals surface area contributed by atoms with Crippen LogP contribution in [-0.2, 0) is 0 Å². The van der Waals surface area contributed by atoms with Crippen LogP contribution in [0.25, 0.3) is 0 Å². The summed E-state index contributed by atoms with van der Waals surface area (Å²) < 4.78 is 0. The highest BCUT2D eigenvalue weighted by molar-refractivity contribution is 5.99. The third kappa shape index (κ3) is 2.40. The molecule has 15 heavy (non-hydrogen) atoms. The third-order valence-corrected chi connectivity index (χ3v) is 2.19. The van der Waals surface area contributed by atoms with Crippen LogP contribution in [0.4, 0.5) is 0 Å². The predicted octanol–water partition coefficient (Wildman–Crippen LogP) is 2.18. The average molecular weight is 210 g/mol. The second-order valence-corrected chi connectivity index (χ2v) is 3.36. The fourth-order valence-corrected chi connectivity index (χ4v) is 1.27. The number of phenols is 3. The van der Waals surface area contributed by atoms with Crippen molar-refractivity contribution in [1.29, 1.82) is 0 Å². The molecule has 1 aromatic carbocycles. The summed E-state index contributed by atoms with van der Waals surface area (Å²) in [6.07, 6.45) is 1.95. The molecule has 1 aromatic rings. The Morgan fingerprint density at radius 3 is 2.47 bits per heavy atom. The van der Waals surface area contributed by atoms with Crippen LogP contribution in [0, 0.1) is 0 Å². The Hall–Kier alpha value is -1.71. The average Bonchev–Trinajstić information content (AvgIpc) is 2.23. The van der Waals surface area contributed by atoms with Gasteiger partial charge in [0.25, 0.3) is 0 Å². The minimum absolute atomic E-state index is 0.0544. The number of hydrogen-bond donors (Lipinski definition) is 3. The molecule has 0 saturated heterocycles. The molecule has 82 valence electrons. The van der Waals surface area contributed by atoms with Crippen LogP contribution in [0.3, 0.4) is 0 Å². The molecule has 0 heterocycles. The molecule has 0 atom stereocenters. The molecule has 0 fully saturated rings. The van der Waals surface area contributed by atoms with E-state index in [1.807, 2.05) is 6.92 Å². The van der Waals surface area contributed by atoms with E-state index in [1.54, 1.807) is 0 Å². The zero-order chi connectivity index (χ0) is 11.4. The second-order valence-electron chi connectivity index (χ2n) is 3.36. The van der Waals surface area contributed by atoms with Crippen molar-refractivity contribution in [2.24, 2.45) is 0 Å². The minimum Gasteiger partial charge on any atom is -0.504 e. The van der Waals surface area contributed by atoms with Crippen molar-refractivity contribution < 1.29 is 20.1 Å². The number of rotatable bonds is 4. The van der Waals surface area contributed by atoms with Crippen molar-refractivity contribution in [2.75, 3.05) is 0 Å². The van der Waals surface area contributed by atoms with Crippen LogP contribution < -0.4 is 0 Å². The molecule has 4 heteroatoms. The molecule has 1 rings (SSSR count). The van der Waals surface area contributed by atoms with Gasteiger partial charge in [0.05, 0.1) is 5.56 Å². The van der Waals surface area contributed by atoms with E-state index >= 15 is 0 Å². The molecule has 0 bridgehead atoms. The van der Waals surface area contributed by atoms with Gasteiger partial charge in [-0.15, -0.1) is 0 Å². The number of carbonyl (C=O) groups is 1. The first-order chi connectivity index (χ1) is 7.07. The summed E-state index contributed by atoms with van der Waals surface area (Å²) in [5.41, 5.74) is 0.0544. The number of carbonyl (C=O) groups excluding carboxylic acids is 1. The number of benzene rings is 1. The first-order valence-corrected chi connectivity index (χ1v) is 4.85. The van der Waals surface area contributed by atoms with Gasteiger partial charge in [0.15, 0.2) is 17.3 Å². The number of ketones is 1. The maximum absolute atomic E-state index is 11.5. The van der Waals surface area contributed by atoms with E-state index in [9.17, 15) is 15.0 Å². The quantitative estimate of drug-likeness (QED) is 0.525. The van der Waals surface area contributed by atoms with Crippen molar-refractivity contribution in [2.45, 2.75) is 26.2 Å². The maximum atomic E-state index is 11.5. The lowest BCUT2D eigenvalue weighted by Crippen LogP contribution is -1.99. The van der Waals surface area contributed by atoms with Crippen LogP contribution in [0.1, 0.15) is 36.5 Å². The summed E-state index contributed by atoms with van der Waals surface area (Å²) >= 11 is 0. The first-order valence-electron chi connectivity index (χ1n) is 4.85. The Labute approximate surface area is 87.8 Å². The van der Waals surface area contributed by atoms with Crippen molar-refractivity contribution in [3.05, 3.63) is 17.7 Å². The number of aromatic hydroxyl groups is 3. The molecule has 0 amide bonds. The summed E-state index contributed by atoms with van der Waals surface area (Å²) in [6.45, 7) is 1.96. The lowest BCUT2D eigenvalue weighted by atomic mass is 10.0. The van der Waals surface area contributed by atoms with Gasteiger partial charge in [-0.2, -0.15) is 0 Å². The first kappa shape index (κ1) is 11.4. The molecule has 4 nitrogen and oxygen atoms in total. The van der Waals surface area contributed by atoms with Crippen LogP contribution in [0.5, 0.6) is 17.2 Å². The van der Waals surface area contributed by atoms with E-state index < -0.39 is 17.2 Å². The molecule has 0 aromatic heterocycles. The van der Waals surface area contributed by atoms with Crippen LogP contribution >= 0.6 is 0 Å². The third-order valence-electron chi connectivity index (χ3n) is 2.19. The molecule has 0 spiro atoms. The molecule has 0 radical (unpaired) electrons. The number of phenolic OH excluding ortho intramolecular Hbond substituents is 3. The van der Waals surface area contributed by atoms with E-state index in [-0.39, 0.29) is 11.3 Å². The van der Waals surface area contributed by atoms with Crippen molar-refractivity contribution in [3.8, 4) is 17.2 Å². The van der Waals surface area contributed by atoms with E-state index in [2.05, 4.69) is 0 Å². The molecule has 0 unspecified atom stereocenters. The highest BCUT2D eigenvalue weighted by Gasteiger charge is 2.16. The summed E-state index contributed by atoms with van der Waals surface area (Å²) in [6, 6.07) is 2.50. The normalized spacial score (nSPS) is 10.2. The smallest absolute Gasteiger partial charge is 0.201 e. The lowest BCUT2D eigenvalue weighted by Gasteiger charge is -2.06. The highest BCUT2D eigenvalue weighted by atomic mass is 16.3. The van der Waals surface area contributed by atoms with Gasteiger partial charge in [-0.05, 0) is 18.6 Å². The van der Waals surface area contributed by atoms with Gasteiger partial charge in [0, 0.05) is 6.42 Å². The molecule has 3 N–H and O–H groups in total. The zero-order valence-electron chi connectivity index (χ0n) is 8.53. The fourth-order valence-electron chi connectivity index (χ4n) is 1.27. The van der Waals surface area contributed by atoms with Gasteiger partial charge >= 0.3 is 0 Å². The Morgan fingerprint density at radius 1 is 1.20 bits per heavy atom. The summed E-state index contributed by atoms with van der Waals surface area (Å²) in [4.78, 5) is 11.5. The van der Waals surface area contributed by atoms with E-state index in [0.29, 0.717) is 6.42 Å². The molecule has 0 aliphatic heterocycles. The van der Waals surface area contributed by atoms with Gasteiger partial charge in [-0.25, -0.2) is 0 Å². The Balaban J connectivity index is 2.95. The summed E-state index contributed by atoms with van der Waals surface area (Å²) in [5, 5.41) is 27.7. The fraction of sp³-hybridized carbons (Fsp3) is 0.364. The van der Waals surface area contributed by atoms with Gasteiger partial charge in [-0.1, -0.05) is 13.3 Å². The van der Waals surface area contributed by atoms with Gasteiger partial charge in [-0.3, -0.25) is 4.79 Å². The largest absolute Gasteiger partial charge is 0.504 e. The van der Waals surface area contributed by atoms with Gasteiger partial charge in [0.1, 0.15) is 0 Å². The van der Waals surface area contributed by atoms with Crippen molar-refractivity contribution in [1.82, 2.24) is 0 Å². The molecule has 0 aliphatic rings. The molecular formula is C11H14O4. The standard InChI is InChI=1S/C11H14O4/c1-2-3-4-8(12)7-5-6-9(13)11(15)10(7)14/h5-6,13-15H,2-4H2,1H3. The summed E-state index contributed by atoms with van der Waals surface area (Å²) in [5.74, 6) is -1.85. The minimum atomic E-state index is -0.641. The predicted molar refractivity (Wildman–Crippen MR) is 55.3 cm³/mol. The number of hydrogen-bond acceptors (Lipinski definition) is 4. The Kier molecular flexibility index (Phi) is 3.55. The summed E-state index contributed by atoms with van der Waals surface area (Å²) in [7, 11) is 0. The highest BCUT2D eigenvalue weighted by Crippen LogP contribution is 2.37. The van der Waals surface area contributed by atoms with E-state index in [0.717, 1.165) is 12.8 Å². The number of Topliss-reactive ketones (excluding diaryl/α,β-unsaturated/α-hetero) is 1. The molecule has 0 saturated carbocycles. The number of unbranched alkanes of at least 4 members (excludes halogenated alkanes) is 1. The van der Waals surface area contributed by atoms with Gasteiger partial charge < -0.3 is 15.3 Å². The van der Waals surface area contributed by atoms with E-state index in [1.165, 1.54) is 12.1 Å². The zero-order valence-corrected chi connectivity index (χ0v) is 8.53. The van der Waals surface area contributed by atoms with Crippen LogP contribution in [0.15, 0.2) is 12.1 Å². The Bertz CT molecular complexity index is 371. The lowest BCUT2D eigenvalue weighted by molar-refractivity contribution is 0.0976. The second kappa shape index (κ2) is 4.68. The topological polar surface area (TPSA) is 77.8 Å². The SMILES string of the molecule is CCCCC(=O)c1ccc(O)c(O)c1O. The Morgan fingerprint density at radius 2 is 1.87 bits per heavy atom. The van der Waals surface area contributed by atoms with Crippen LogP contribution in [0.2, 0.25) is 0 Å². The van der Waals surface area contributed by atoms with E-state index in [4.69, 9.17) is 5.11 Å². The maximum Gasteiger partial charge on any atom is 0.201 e. The van der Waals surface area contributed by atoms with Gasteiger partial charge in [0.2, 0.25) is 5.75 Å². The van der Waals surface area contributed by atoms with Crippen molar-refractivity contribution >= 4 is 5.78 Å². The monoisotopic (exact) mass is 210 g/mol. The molecule has 0 aliphatic carbocycles. The molecular weight excluding hydrogens is 196 g/mol. The van der Waals surface area contributed by atoms with Crippen molar-refractivity contribution in [3.63, 3.8) is 0 Å².